The van der Waals surface area contributed by atoms with Gasteiger partial charge in [0.1, 0.15) is 0 Å². The van der Waals surface area contributed by atoms with Crippen LogP contribution in [0.5, 0.6) is 0 Å². The van der Waals surface area contributed by atoms with Gasteiger partial charge < -0.3 is 9.47 Å². The van der Waals surface area contributed by atoms with E-state index in [9.17, 15) is 0 Å². The van der Waals surface area contributed by atoms with Crippen molar-refractivity contribution in [3.8, 4) is 39.1 Å². The van der Waals surface area contributed by atoms with Crippen LogP contribution in [0.25, 0.3) is 71.6 Å². The first-order valence-electron chi connectivity index (χ1n) is 23.2. The molecule has 0 spiro atoms. The fraction of sp³-hybridized carbons (Fsp3) is 0.0154. The van der Waals surface area contributed by atoms with E-state index in [0.717, 1.165) is 28.3 Å². The molecule has 11 aromatic carbocycles. The molecule has 0 saturated carbocycles. The third-order valence-electron chi connectivity index (χ3n) is 14.1. The van der Waals surface area contributed by atoms with Gasteiger partial charge in [-0.3, -0.25) is 0 Å². The van der Waals surface area contributed by atoms with Gasteiger partial charge in [0.2, 0.25) is 0 Å². The van der Waals surface area contributed by atoms with Gasteiger partial charge in [0.05, 0.1) is 22.1 Å². The van der Waals surface area contributed by atoms with Crippen LogP contribution < -0.4 is 4.90 Å². The van der Waals surface area contributed by atoms with Crippen molar-refractivity contribution in [3.63, 3.8) is 0 Å². The molecule has 1 heterocycles. The first-order chi connectivity index (χ1) is 33.3. The highest BCUT2D eigenvalue weighted by molar-refractivity contribution is 6.09. The van der Waals surface area contributed by atoms with Gasteiger partial charge >= 0.3 is 0 Å². The van der Waals surface area contributed by atoms with Crippen LogP contribution in [0.2, 0.25) is 0 Å². The van der Waals surface area contributed by atoms with E-state index in [1.807, 2.05) is 0 Å². The molecular weight excluding hydrogens is 809 g/mol. The Balaban J connectivity index is 0.995. The van der Waals surface area contributed by atoms with Crippen LogP contribution in [0.15, 0.2) is 267 Å². The van der Waals surface area contributed by atoms with Gasteiger partial charge in [0.25, 0.3) is 0 Å². The quantitative estimate of drug-likeness (QED) is 0.148. The molecule has 0 saturated heterocycles. The highest BCUT2D eigenvalue weighted by Crippen LogP contribution is 2.57. The molecular formula is C65H44N2. The Morgan fingerprint density at radius 1 is 0.299 bits per heavy atom. The average molecular weight is 853 g/mol. The molecule has 2 nitrogen and oxygen atoms in total. The highest BCUT2D eigenvalue weighted by atomic mass is 15.1. The van der Waals surface area contributed by atoms with Gasteiger partial charge in [-0.05, 0) is 116 Å². The lowest BCUT2D eigenvalue weighted by atomic mass is 9.67. The summed E-state index contributed by atoms with van der Waals surface area (Å²) < 4.78 is 2.39. The summed E-state index contributed by atoms with van der Waals surface area (Å²) in [5, 5.41) is 4.92. The van der Waals surface area contributed by atoms with Gasteiger partial charge in [-0.25, -0.2) is 0 Å². The summed E-state index contributed by atoms with van der Waals surface area (Å²) in [6.07, 6.45) is 0. The third-order valence-corrected chi connectivity index (χ3v) is 14.1. The second-order valence-electron chi connectivity index (χ2n) is 17.6. The van der Waals surface area contributed by atoms with Crippen molar-refractivity contribution < 1.29 is 0 Å². The number of rotatable bonds is 8. The average Bonchev–Trinajstić information content (AvgIpc) is 3.91. The Bertz CT molecular complexity index is 3710. The topological polar surface area (TPSA) is 8.17 Å². The maximum absolute atomic E-state index is 2.46. The van der Waals surface area contributed by atoms with Crippen molar-refractivity contribution in [2.75, 3.05) is 4.90 Å². The van der Waals surface area contributed by atoms with E-state index in [1.165, 1.54) is 82.6 Å². The fourth-order valence-electron chi connectivity index (χ4n) is 11.2. The predicted molar refractivity (Wildman–Crippen MR) is 281 cm³/mol. The molecule has 0 fully saturated rings. The lowest BCUT2D eigenvalue weighted by Gasteiger charge is -2.35. The Kier molecular flexibility index (Phi) is 9.11. The SMILES string of the molecule is c1ccc(-c2ccc(N(c3ccc(-c4cccc(-n5c6ccccc6c6ccccc65)c4)cc3)c3cccc(C4(c5ccccc5)c5ccccc5-c5ccccc54)c3)c3ccccc23)cc1. The van der Waals surface area contributed by atoms with E-state index in [1.54, 1.807) is 0 Å². The molecule has 314 valence electrons. The van der Waals surface area contributed by atoms with E-state index < -0.39 is 5.41 Å². The normalized spacial score (nSPS) is 12.6. The van der Waals surface area contributed by atoms with Gasteiger partial charge in [-0.15, -0.1) is 0 Å². The minimum atomic E-state index is -0.527. The van der Waals surface area contributed by atoms with Crippen molar-refractivity contribution in [2.45, 2.75) is 5.41 Å². The van der Waals surface area contributed by atoms with Crippen molar-refractivity contribution in [1.82, 2.24) is 4.57 Å². The van der Waals surface area contributed by atoms with Crippen LogP contribution >= 0.6 is 0 Å². The van der Waals surface area contributed by atoms with Crippen LogP contribution in [0.3, 0.4) is 0 Å². The number of para-hydroxylation sites is 2. The molecule has 0 N–H and O–H groups in total. The van der Waals surface area contributed by atoms with Crippen LogP contribution in [0.4, 0.5) is 17.1 Å². The zero-order chi connectivity index (χ0) is 44.3. The van der Waals surface area contributed by atoms with Crippen LogP contribution in [-0.2, 0) is 5.41 Å². The van der Waals surface area contributed by atoms with E-state index in [2.05, 4.69) is 276 Å². The van der Waals surface area contributed by atoms with Crippen LogP contribution in [0.1, 0.15) is 22.3 Å². The maximum atomic E-state index is 2.46. The molecule has 0 aliphatic heterocycles. The zero-order valence-electron chi connectivity index (χ0n) is 36.8. The monoisotopic (exact) mass is 852 g/mol. The largest absolute Gasteiger partial charge is 0.310 e. The smallest absolute Gasteiger partial charge is 0.0714 e. The number of aromatic nitrogens is 1. The van der Waals surface area contributed by atoms with Crippen molar-refractivity contribution in [3.05, 3.63) is 289 Å². The fourth-order valence-corrected chi connectivity index (χ4v) is 11.2. The Labute approximate surface area is 390 Å². The minimum absolute atomic E-state index is 0.527. The lowest BCUT2D eigenvalue weighted by Crippen LogP contribution is -2.28. The Morgan fingerprint density at radius 3 is 1.52 bits per heavy atom. The van der Waals surface area contributed by atoms with Crippen LogP contribution in [0, 0.1) is 0 Å². The number of anilines is 3. The summed E-state index contributed by atoms with van der Waals surface area (Å²) in [5.74, 6) is 0. The highest BCUT2D eigenvalue weighted by Gasteiger charge is 2.46. The van der Waals surface area contributed by atoms with Crippen molar-refractivity contribution in [2.24, 2.45) is 0 Å². The number of fused-ring (bicyclic) bond motifs is 7. The molecule has 0 amide bonds. The molecule has 13 rings (SSSR count). The van der Waals surface area contributed by atoms with Gasteiger partial charge in [-0.1, -0.05) is 212 Å². The van der Waals surface area contributed by atoms with Gasteiger partial charge in [0, 0.05) is 33.2 Å². The molecule has 1 aromatic heterocycles. The second-order valence-corrected chi connectivity index (χ2v) is 17.6. The molecule has 0 bridgehead atoms. The maximum Gasteiger partial charge on any atom is 0.0714 e. The standard InChI is InChI=1S/C65H44N2/c1-3-19-46(20-4-1)53-41-42-64(57-30-8-7-27-54(53)57)66(50-39-37-45(38-40-50)47-21-17-25-51(43-47)67-62-35-15-11-31-58(62)59-32-12-16-36-63(59)67)52-26-18-24-49(44-52)65(48-22-5-2-6-23-48)60-33-13-9-28-55(60)56-29-10-14-34-61(56)65/h1-44H. The summed E-state index contributed by atoms with van der Waals surface area (Å²) in [6, 6.07) is 98.1. The van der Waals surface area contributed by atoms with E-state index in [4.69, 9.17) is 0 Å². The lowest BCUT2D eigenvalue weighted by molar-refractivity contribution is 0.768. The second kappa shape index (κ2) is 15.8. The molecule has 1 aliphatic rings. The summed E-state index contributed by atoms with van der Waals surface area (Å²) in [5.41, 5.74) is 18.7. The van der Waals surface area contributed by atoms with Crippen LogP contribution in [-0.4, -0.2) is 4.57 Å². The van der Waals surface area contributed by atoms with E-state index in [-0.39, 0.29) is 0 Å². The predicted octanol–water partition coefficient (Wildman–Crippen LogP) is 17.1. The summed E-state index contributed by atoms with van der Waals surface area (Å²) >= 11 is 0. The van der Waals surface area contributed by atoms with Gasteiger partial charge in [0.15, 0.2) is 0 Å². The zero-order valence-corrected chi connectivity index (χ0v) is 36.8. The van der Waals surface area contributed by atoms with E-state index >= 15 is 0 Å². The molecule has 12 aromatic rings. The van der Waals surface area contributed by atoms with E-state index in [0.29, 0.717) is 0 Å². The first kappa shape index (κ1) is 38.7. The first-order valence-corrected chi connectivity index (χ1v) is 23.2. The van der Waals surface area contributed by atoms with Crippen molar-refractivity contribution in [1.29, 1.82) is 0 Å². The third kappa shape index (κ3) is 6.11. The molecule has 0 atom stereocenters. The summed E-state index contributed by atoms with van der Waals surface area (Å²) in [4.78, 5) is 2.46. The number of benzene rings is 11. The molecule has 0 unspecified atom stereocenters. The number of hydrogen-bond acceptors (Lipinski definition) is 1. The molecule has 67 heavy (non-hydrogen) atoms. The van der Waals surface area contributed by atoms with Crippen molar-refractivity contribution >= 4 is 49.6 Å². The molecule has 2 heteroatoms. The molecule has 0 radical (unpaired) electrons. The van der Waals surface area contributed by atoms with Gasteiger partial charge in [-0.2, -0.15) is 0 Å². The molecule has 1 aliphatic carbocycles. The Morgan fingerprint density at radius 2 is 0.836 bits per heavy atom. The number of nitrogens with zero attached hydrogens (tertiary/aromatic N) is 2. The Hall–Kier alpha value is -8.72. The number of hydrogen-bond donors (Lipinski definition) is 0. The summed E-state index contributed by atoms with van der Waals surface area (Å²) in [6.45, 7) is 0. The minimum Gasteiger partial charge on any atom is -0.310 e. The summed E-state index contributed by atoms with van der Waals surface area (Å²) in [7, 11) is 0.